The Morgan fingerprint density at radius 2 is 2.18 bits per heavy atom. The molecule has 11 heavy (non-hydrogen) atoms. The lowest BCUT2D eigenvalue weighted by molar-refractivity contribution is 0.299. The lowest BCUT2D eigenvalue weighted by Crippen LogP contribution is -2.06. The monoisotopic (exact) mass is 155 g/mol. The van der Waals surface area contributed by atoms with Crippen molar-refractivity contribution in [3.8, 4) is 0 Å². The molecule has 0 bridgehead atoms. The summed E-state index contributed by atoms with van der Waals surface area (Å²) in [7, 11) is 1.66. The maximum absolute atomic E-state index is 5.52. The average Bonchev–Trinajstić information content (AvgIpc) is 2.05. The quantitative estimate of drug-likeness (QED) is 0.496. The third kappa shape index (κ3) is 3.23. The van der Waals surface area contributed by atoms with Crippen LogP contribution in [0, 0.1) is 0 Å². The summed E-state index contributed by atoms with van der Waals surface area (Å²) in [4.78, 5) is 0. The van der Waals surface area contributed by atoms with Crippen molar-refractivity contribution >= 4 is 0 Å². The summed E-state index contributed by atoms with van der Waals surface area (Å²) in [5, 5.41) is 0. The first-order chi connectivity index (χ1) is 5.29. The van der Waals surface area contributed by atoms with Crippen molar-refractivity contribution in [2.75, 3.05) is 13.7 Å². The minimum absolute atomic E-state index is 0.543. The van der Waals surface area contributed by atoms with Crippen molar-refractivity contribution in [3.05, 3.63) is 23.5 Å². The maximum atomic E-state index is 5.52. The van der Waals surface area contributed by atoms with Crippen molar-refractivity contribution in [2.24, 2.45) is 5.73 Å². The molecule has 0 radical (unpaired) electrons. The second kappa shape index (κ2) is 5.98. The van der Waals surface area contributed by atoms with Crippen LogP contribution in [0.15, 0.2) is 23.5 Å². The Morgan fingerprint density at radius 1 is 1.55 bits per heavy atom. The Kier molecular flexibility index (Phi) is 5.57. The Morgan fingerprint density at radius 3 is 2.45 bits per heavy atom. The first-order valence-electron chi connectivity index (χ1n) is 3.89. The van der Waals surface area contributed by atoms with E-state index in [0.29, 0.717) is 6.54 Å². The molecule has 0 saturated carbocycles. The van der Waals surface area contributed by atoms with E-state index in [9.17, 15) is 0 Å². The topological polar surface area (TPSA) is 35.2 Å². The Labute approximate surface area is 68.7 Å². The van der Waals surface area contributed by atoms with Gasteiger partial charge in [0.05, 0.1) is 7.11 Å². The second-order valence-corrected chi connectivity index (χ2v) is 2.20. The summed E-state index contributed by atoms with van der Waals surface area (Å²) in [5.74, 6) is 0.884. The van der Waals surface area contributed by atoms with Crippen molar-refractivity contribution in [1.82, 2.24) is 0 Å². The van der Waals surface area contributed by atoms with Gasteiger partial charge in [-0.15, -0.1) is 0 Å². The molecule has 0 unspecified atom stereocenters. The van der Waals surface area contributed by atoms with Gasteiger partial charge in [0.15, 0.2) is 0 Å². The number of rotatable bonds is 4. The van der Waals surface area contributed by atoms with E-state index in [2.05, 4.69) is 13.0 Å². The second-order valence-electron chi connectivity index (χ2n) is 2.20. The normalized spacial score (nSPS) is 13.5. The van der Waals surface area contributed by atoms with Crippen LogP contribution in [0.4, 0.5) is 0 Å². The third-order valence-corrected chi connectivity index (χ3v) is 1.47. The van der Waals surface area contributed by atoms with Gasteiger partial charge >= 0.3 is 0 Å². The number of methoxy groups -OCH3 is 1. The summed E-state index contributed by atoms with van der Waals surface area (Å²) in [5.41, 5.74) is 6.60. The summed E-state index contributed by atoms with van der Waals surface area (Å²) in [6.07, 6.45) is 5.00. The molecule has 2 nitrogen and oxygen atoms in total. The maximum Gasteiger partial charge on any atom is 0.118 e. The van der Waals surface area contributed by atoms with E-state index in [1.165, 1.54) is 0 Å². The van der Waals surface area contributed by atoms with Gasteiger partial charge in [-0.05, 0) is 19.4 Å². The SMILES string of the molecule is C/C=C(OC)\C(=C/CC)CN. The number of ether oxygens (including phenoxy) is 1. The highest BCUT2D eigenvalue weighted by Gasteiger charge is 1.99. The summed E-state index contributed by atoms with van der Waals surface area (Å²) in [6, 6.07) is 0. The molecule has 0 aromatic rings. The molecule has 0 amide bonds. The van der Waals surface area contributed by atoms with Crippen LogP contribution >= 0.6 is 0 Å². The molecule has 0 aliphatic rings. The van der Waals surface area contributed by atoms with E-state index >= 15 is 0 Å². The van der Waals surface area contributed by atoms with Gasteiger partial charge < -0.3 is 10.5 Å². The van der Waals surface area contributed by atoms with E-state index in [-0.39, 0.29) is 0 Å². The van der Waals surface area contributed by atoms with Gasteiger partial charge in [0.1, 0.15) is 5.76 Å². The molecule has 0 fully saturated rings. The highest BCUT2D eigenvalue weighted by atomic mass is 16.5. The van der Waals surface area contributed by atoms with E-state index in [1.807, 2.05) is 13.0 Å². The third-order valence-electron chi connectivity index (χ3n) is 1.47. The largest absolute Gasteiger partial charge is 0.497 e. The Bertz CT molecular complexity index is 159. The fraction of sp³-hybridized carbons (Fsp3) is 0.556. The fourth-order valence-corrected chi connectivity index (χ4v) is 0.965. The van der Waals surface area contributed by atoms with E-state index in [1.54, 1.807) is 7.11 Å². The van der Waals surface area contributed by atoms with Gasteiger partial charge in [0.2, 0.25) is 0 Å². The van der Waals surface area contributed by atoms with Crippen LogP contribution in [-0.4, -0.2) is 13.7 Å². The molecule has 64 valence electrons. The Hall–Kier alpha value is -0.760. The molecule has 0 heterocycles. The fourth-order valence-electron chi connectivity index (χ4n) is 0.965. The smallest absolute Gasteiger partial charge is 0.118 e. The molecule has 0 aliphatic heterocycles. The van der Waals surface area contributed by atoms with Crippen LogP contribution in [0.1, 0.15) is 20.3 Å². The number of hydrogen-bond acceptors (Lipinski definition) is 2. The van der Waals surface area contributed by atoms with Crippen molar-refractivity contribution < 1.29 is 4.74 Å². The number of nitrogens with two attached hydrogens (primary N) is 1. The van der Waals surface area contributed by atoms with Crippen LogP contribution in [0.25, 0.3) is 0 Å². The van der Waals surface area contributed by atoms with Crippen LogP contribution in [-0.2, 0) is 4.74 Å². The molecular formula is C9H17NO. The molecule has 2 heteroatoms. The average molecular weight is 155 g/mol. The van der Waals surface area contributed by atoms with Gasteiger partial charge in [-0.2, -0.15) is 0 Å². The molecule has 0 saturated heterocycles. The minimum Gasteiger partial charge on any atom is -0.497 e. The molecule has 0 spiro atoms. The summed E-state index contributed by atoms with van der Waals surface area (Å²) < 4.78 is 5.12. The molecule has 0 rings (SSSR count). The Balaban J connectivity index is 4.35. The van der Waals surface area contributed by atoms with Crippen LogP contribution in [0.2, 0.25) is 0 Å². The zero-order valence-electron chi connectivity index (χ0n) is 7.55. The molecule has 0 aromatic heterocycles. The molecule has 2 N–H and O–H groups in total. The predicted molar refractivity (Wildman–Crippen MR) is 48.2 cm³/mol. The molecule has 0 atom stereocenters. The van der Waals surface area contributed by atoms with Crippen molar-refractivity contribution in [2.45, 2.75) is 20.3 Å². The number of allylic oxidation sites excluding steroid dienone is 2. The number of hydrogen-bond donors (Lipinski definition) is 1. The zero-order chi connectivity index (χ0) is 8.69. The van der Waals surface area contributed by atoms with Gasteiger partial charge in [0, 0.05) is 12.1 Å². The molecular weight excluding hydrogens is 138 g/mol. The lowest BCUT2D eigenvalue weighted by Gasteiger charge is -2.07. The van der Waals surface area contributed by atoms with Crippen LogP contribution in [0.5, 0.6) is 0 Å². The first-order valence-corrected chi connectivity index (χ1v) is 3.89. The van der Waals surface area contributed by atoms with E-state index in [0.717, 1.165) is 17.8 Å². The predicted octanol–water partition coefficient (Wildman–Crippen LogP) is 1.83. The lowest BCUT2D eigenvalue weighted by atomic mass is 10.2. The van der Waals surface area contributed by atoms with Crippen molar-refractivity contribution in [1.29, 1.82) is 0 Å². The molecule has 0 aromatic carbocycles. The highest BCUT2D eigenvalue weighted by Crippen LogP contribution is 2.09. The summed E-state index contributed by atoms with van der Waals surface area (Å²) in [6.45, 7) is 4.57. The minimum atomic E-state index is 0.543. The zero-order valence-corrected chi connectivity index (χ0v) is 7.55. The highest BCUT2D eigenvalue weighted by molar-refractivity contribution is 5.26. The first kappa shape index (κ1) is 10.2. The van der Waals surface area contributed by atoms with Gasteiger partial charge in [-0.1, -0.05) is 13.0 Å². The van der Waals surface area contributed by atoms with Crippen molar-refractivity contribution in [3.63, 3.8) is 0 Å². The van der Waals surface area contributed by atoms with Gasteiger partial charge in [-0.3, -0.25) is 0 Å². The van der Waals surface area contributed by atoms with Gasteiger partial charge in [-0.25, -0.2) is 0 Å². The molecule has 0 aliphatic carbocycles. The van der Waals surface area contributed by atoms with Crippen LogP contribution in [0.3, 0.4) is 0 Å². The van der Waals surface area contributed by atoms with Crippen LogP contribution < -0.4 is 5.73 Å². The standard InChI is InChI=1S/C9H17NO/c1-4-6-8(7-10)9(5-2)11-3/h5-6H,4,7,10H2,1-3H3/b8-6-,9-5+. The van der Waals surface area contributed by atoms with E-state index in [4.69, 9.17) is 10.5 Å². The van der Waals surface area contributed by atoms with E-state index < -0.39 is 0 Å². The summed E-state index contributed by atoms with van der Waals surface area (Å²) >= 11 is 0. The van der Waals surface area contributed by atoms with Gasteiger partial charge in [0.25, 0.3) is 0 Å².